The van der Waals surface area contributed by atoms with Crippen LogP contribution in [0.1, 0.15) is 58.8 Å². The lowest BCUT2D eigenvalue weighted by atomic mass is 9.99. The first-order valence-corrected chi connectivity index (χ1v) is 8.47. The number of likely N-dealkylation sites (N-methyl/N-ethyl adjacent to an activating group) is 1. The van der Waals surface area contributed by atoms with Gasteiger partial charge in [0.05, 0.1) is 0 Å². The molecule has 138 valence electrons. The van der Waals surface area contributed by atoms with Crippen LogP contribution in [0.15, 0.2) is 12.7 Å². The maximum Gasteiger partial charge on any atom is 0.284 e. The molecule has 0 bridgehead atoms. The Morgan fingerprint density at radius 1 is 1.09 bits per heavy atom. The molecule has 0 saturated carbocycles. The van der Waals surface area contributed by atoms with Crippen molar-refractivity contribution in [2.45, 2.75) is 64.8 Å². The van der Waals surface area contributed by atoms with Gasteiger partial charge in [-0.05, 0) is 12.5 Å². The minimum absolute atomic E-state index is 0.144. The van der Waals surface area contributed by atoms with Gasteiger partial charge in [0.2, 0.25) is 5.91 Å². The highest BCUT2D eigenvalue weighted by molar-refractivity contribution is 5.86. The van der Waals surface area contributed by atoms with Gasteiger partial charge in [0.1, 0.15) is 0 Å². The first-order chi connectivity index (χ1) is 11.0. The van der Waals surface area contributed by atoms with Gasteiger partial charge in [-0.25, -0.2) is 0 Å². The summed E-state index contributed by atoms with van der Waals surface area (Å²) in [5, 5.41) is 2.36. The first kappa shape index (κ1) is 24.3. The van der Waals surface area contributed by atoms with Crippen LogP contribution in [0.3, 0.4) is 0 Å². The van der Waals surface area contributed by atoms with E-state index in [0.717, 1.165) is 6.42 Å². The van der Waals surface area contributed by atoms with Gasteiger partial charge in [0, 0.05) is 34.3 Å². The Labute approximate surface area is 142 Å². The zero-order valence-electron chi connectivity index (χ0n) is 15.9. The van der Waals surface area contributed by atoms with Crippen molar-refractivity contribution in [2.24, 2.45) is 5.92 Å². The van der Waals surface area contributed by atoms with Crippen LogP contribution in [0.25, 0.3) is 0 Å². The molecule has 0 fully saturated rings. The lowest BCUT2D eigenvalue weighted by Crippen LogP contribution is -2.42. The molecular weight excluding hydrogens is 294 g/mol. The number of carbonyl (C=O) groups is 1. The Hall–Kier alpha value is -0.910. The molecule has 23 heavy (non-hydrogen) atoms. The van der Waals surface area contributed by atoms with E-state index < -0.39 is 5.97 Å². The van der Waals surface area contributed by atoms with E-state index in [4.69, 9.17) is 14.2 Å². The highest BCUT2D eigenvalue weighted by Gasteiger charge is 2.36. The van der Waals surface area contributed by atoms with Crippen molar-refractivity contribution in [3.63, 3.8) is 0 Å². The third-order valence-electron chi connectivity index (χ3n) is 3.88. The lowest BCUT2D eigenvalue weighted by molar-refractivity contribution is -0.377. The number of unbranched alkanes of at least 4 members (excludes halogenated alkanes) is 5. The minimum Gasteiger partial charge on any atom is -0.356 e. The van der Waals surface area contributed by atoms with E-state index in [-0.39, 0.29) is 11.8 Å². The van der Waals surface area contributed by atoms with Crippen molar-refractivity contribution in [2.75, 3.05) is 28.4 Å². The van der Waals surface area contributed by atoms with Gasteiger partial charge in [-0.1, -0.05) is 59.0 Å². The molecule has 0 rings (SSSR count). The van der Waals surface area contributed by atoms with Gasteiger partial charge in [0.15, 0.2) is 0 Å². The maximum absolute atomic E-state index is 9.95. The maximum atomic E-state index is 9.95. The highest BCUT2D eigenvalue weighted by Crippen LogP contribution is 2.27. The monoisotopic (exact) mass is 331 g/mol. The smallest absolute Gasteiger partial charge is 0.284 e. The molecule has 0 heterocycles. The number of nitrogens with one attached hydrogen (secondary N) is 1. The molecule has 0 aliphatic heterocycles. The third-order valence-corrected chi connectivity index (χ3v) is 3.88. The SMILES string of the molecule is C=CC(=O)NC.CCCCCCCCC(C)C(OC)(OC)OC. The van der Waals surface area contributed by atoms with Crippen LogP contribution >= 0.6 is 0 Å². The number of carbonyl (C=O) groups excluding carboxylic acids is 1. The number of amides is 1. The standard InChI is InChI=1S/C14H30O3.C4H7NO/c1-6-7-8-9-10-11-12-13(2)14(15-3,16-4)17-5;1-3-4(6)5-2/h13H,6-12H2,1-5H3;3H,1H2,2H3,(H,5,6). The third kappa shape index (κ3) is 11.3. The van der Waals surface area contributed by atoms with E-state index in [2.05, 4.69) is 25.7 Å². The fraction of sp³-hybridized carbons (Fsp3) is 0.833. The molecule has 1 atom stereocenters. The predicted octanol–water partition coefficient (Wildman–Crippen LogP) is 3.88. The summed E-state index contributed by atoms with van der Waals surface area (Å²) in [6.07, 6.45) is 10.1. The van der Waals surface area contributed by atoms with Gasteiger partial charge in [-0.15, -0.1) is 0 Å². The van der Waals surface area contributed by atoms with Crippen LogP contribution in [-0.4, -0.2) is 40.3 Å². The number of hydrogen-bond donors (Lipinski definition) is 1. The van der Waals surface area contributed by atoms with Crippen molar-refractivity contribution < 1.29 is 19.0 Å². The topological polar surface area (TPSA) is 56.8 Å². The summed E-state index contributed by atoms with van der Waals surface area (Å²) < 4.78 is 16.0. The van der Waals surface area contributed by atoms with Gasteiger partial charge in [-0.2, -0.15) is 0 Å². The summed E-state index contributed by atoms with van der Waals surface area (Å²) in [5.74, 6) is -0.771. The molecule has 0 aliphatic rings. The second kappa shape index (κ2) is 16.0. The largest absolute Gasteiger partial charge is 0.356 e. The van der Waals surface area contributed by atoms with Crippen LogP contribution in [-0.2, 0) is 19.0 Å². The highest BCUT2D eigenvalue weighted by atomic mass is 16.9. The van der Waals surface area contributed by atoms with E-state index in [1.54, 1.807) is 28.4 Å². The lowest BCUT2D eigenvalue weighted by Gasteiger charge is -2.34. The molecular formula is C18H37NO4. The number of ether oxygens (including phenoxy) is 3. The summed E-state index contributed by atoms with van der Waals surface area (Å²) in [4.78, 5) is 9.95. The summed E-state index contributed by atoms with van der Waals surface area (Å²) >= 11 is 0. The average molecular weight is 331 g/mol. The molecule has 1 unspecified atom stereocenters. The van der Waals surface area contributed by atoms with Crippen molar-refractivity contribution in [1.29, 1.82) is 0 Å². The van der Waals surface area contributed by atoms with Gasteiger partial charge in [0.25, 0.3) is 5.97 Å². The van der Waals surface area contributed by atoms with E-state index in [1.165, 1.54) is 44.6 Å². The summed E-state index contributed by atoms with van der Waals surface area (Å²) in [6, 6.07) is 0. The molecule has 0 aromatic heterocycles. The molecule has 0 aliphatic carbocycles. The van der Waals surface area contributed by atoms with Gasteiger partial charge < -0.3 is 19.5 Å². The van der Waals surface area contributed by atoms with E-state index >= 15 is 0 Å². The van der Waals surface area contributed by atoms with Gasteiger partial charge >= 0.3 is 0 Å². The van der Waals surface area contributed by atoms with Crippen LogP contribution in [0.4, 0.5) is 0 Å². The number of methoxy groups -OCH3 is 3. The molecule has 0 radical (unpaired) electrons. The van der Waals surface area contributed by atoms with Crippen LogP contribution in [0.5, 0.6) is 0 Å². The van der Waals surface area contributed by atoms with Crippen LogP contribution < -0.4 is 5.32 Å². The Kier molecular flexibility index (Phi) is 16.9. The fourth-order valence-electron chi connectivity index (χ4n) is 2.36. The molecule has 5 heteroatoms. The summed E-state index contributed by atoms with van der Waals surface area (Å²) in [5.41, 5.74) is 0. The molecule has 1 N–H and O–H groups in total. The molecule has 0 aromatic carbocycles. The Balaban J connectivity index is 0. The van der Waals surface area contributed by atoms with E-state index in [9.17, 15) is 4.79 Å². The van der Waals surface area contributed by atoms with E-state index in [1.807, 2.05) is 0 Å². The van der Waals surface area contributed by atoms with Crippen molar-refractivity contribution in [3.8, 4) is 0 Å². The second-order valence-corrected chi connectivity index (χ2v) is 5.49. The summed E-state index contributed by atoms with van der Waals surface area (Å²) in [6.45, 7) is 7.58. The molecule has 1 amide bonds. The zero-order chi connectivity index (χ0) is 18.1. The van der Waals surface area contributed by atoms with Crippen LogP contribution in [0.2, 0.25) is 0 Å². The van der Waals surface area contributed by atoms with Crippen molar-refractivity contribution in [3.05, 3.63) is 12.7 Å². The fourth-order valence-corrected chi connectivity index (χ4v) is 2.36. The molecule has 0 aromatic rings. The average Bonchev–Trinajstić information content (AvgIpc) is 2.59. The minimum atomic E-state index is -0.872. The normalized spacial score (nSPS) is 12.1. The quantitative estimate of drug-likeness (QED) is 0.335. The summed E-state index contributed by atoms with van der Waals surface area (Å²) in [7, 11) is 6.45. The molecule has 5 nitrogen and oxygen atoms in total. The van der Waals surface area contributed by atoms with E-state index in [0.29, 0.717) is 0 Å². The Morgan fingerprint density at radius 3 is 1.91 bits per heavy atom. The Morgan fingerprint density at radius 2 is 1.57 bits per heavy atom. The predicted molar refractivity (Wildman–Crippen MR) is 95.2 cm³/mol. The first-order valence-electron chi connectivity index (χ1n) is 8.47. The van der Waals surface area contributed by atoms with Crippen molar-refractivity contribution in [1.82, 2.24) is 5.32 Å². The zero-order valence-corrected chi connectivity index (χ0v) is 15.9. The molecule has 0 spiro atoms. The Bertz CT molecular complexity index is 282. The van der Waals surface area contributed by atoms with Gasteiger partial charge in [-0.3, -0.25) is 4.79 Å². The van der Waals surface area contributed by atoms with Crippen molar-refractivity contribution >= 4 is 5.91 Å². The molecule has 0 saturated heterocycles. The second-order valence-electron chi connectivity index (χ2n) is 5.49. The van der Waals surface area contributed by atoms with Crippen LogP contribution in [0, 0.1) is 5.92 Å². The number of rotatable bonds is 12. The number of hydrogen-bond acceptors (Lipinski definition) is 4.